The first-order valence-electron chi connectivity index (χ1n) is 8.67. The lowest BCUT2D eigenvalue weighted by atomic mass is 10.0. The van der Waals surface area contributed by atoms with Gasteiger partial charge < -0.3 is 5.32 Å². The Morgan fingerprint density at radius 3 is 2.76 bits per heavy atom. The second-order valence-corrected chi connectivity index (χ2v) is 7.38. The van der Waals surface area contributed by atoms with Gasteiger partial charge in [-0.25, -0.2) is 0 Å². The zero-order chi connectivity index (χ0) is 15.1. The normalized spacial score (nSPS) is 20.9. The minimum absolute atomic E-state index is 0.556. The average Bonchev–Trinajstić information content (AvgIpc) is 2.97. The fraction of sp³-hybridized carbons (Fsp3) is 0.824. The monoisotopic (exact) mass is 309 g/mol. The van der Waals surface area contributed by atoms with Crippen molar-refractivity contribution in [1.29, 1.82) is 0 Å². The maximum Gasteiger partial charge on any atom is 0.0640 e. The molecule has 1 N–H and O–H groups in total. The summed E-state index contributed by atoms with van der Waals surface area (Å²) in [5, 5.41) is 9.29. The van der Waals surface area contributed by atoms with Crippen LogP contribution in [-0.4, -0.2) is 33.4 Å². The molecule has 1 aromatic heterocycles. The first-order valence-corrected chi connectivity index (χ1v) is 9.72. The van der Waals surface area contributed by atoms with Gasteiger partial charge in [0.05, 0.1) is 11.7 Å². The van der Waals surface area contributed by atoms with Crippen LogP contribution < -0.4 is 5.32 Å². The topological polar surface area (TPSA) is 29.9 Å². The van der Waals surface area contributed by atoms with Crippen LogP contribution >= 0.6 is 11.8 Å². The van der Waals surface area contributed by atoms with Gasteiger partial charge in [0, 0.05) is 23.9 Å². The molecular weight excluding hydrogens is 278 g/mol. The maximum absolute atomic E-state index is 4.84. The van der Waals surface area contributed by atoms with Gasteiger partial charge in [-0.1, -0.05) is 27.2 Å². The molecule has 2 unspecified atom stereocenters. The van der Waals surface area contributed by atoms with Gasteiger partial charge in [-0.15, -0.1) is 0 Å². The lowest BCUT2D eigenvalue weighted by molar-refractivity contribution is 0.419. The van der Waals surface area contributed by atoms with Crippen LogP contribution in [0.5, 0.6) is 0 Å². The zero-order valence-electron chi connectivity index (χ0n) is 13.8. The van der Waals surface area contributed by atoms with Gasteiger partial charge in [0.25, 0.3) is 0 Å². The highest BCUT2D eigenvalue weighted by Gasteiger charge is 2.24. The van der Waals surface area contributed by atoms with E-state index in [2.05, 4.69) is 54.8 Å². The number of rotatable bonds is 8. The predicted molar refractivity (Wildman–Crippen MR) is 93.1 cm³/mol. The third-order valence-corrected chi connectivity index (χ3v) is 6.06. The molecule has 4 heteroatoms. The molecule has 0 amide bonds. The van der Waals surface area contributed by atoms with Gasteiger partial charge in [0.15, 0.2) is 0 Å². The molecule has 1 aliphatic heterocycles. The van der Waals surface area contributed by atoms with Crippen LogP contribution in [0.1, 0.15) is 64.6 Å². The van der Waals surface area contributed by atoms with Gasteiger partial charge in [-0.3, -0.25) is 4.68 Å². The molecule has 21 heavy (non-hydrogen) atoms. The summed E-state index contributed by atoms with van der Waals surface area (Å²) in [5.41, 5.74) is 1.25. The second kappa shape index (κ2) is 8.84. The van der Waals surface area contributed by atoms with Crippen LogP contribution in [0.3, 0.4) is 0 Å². The maximum atomic E-state index is 4.84. The summed E-state index contributed by atoms with van der Waals surface area (Å²) in [7, 11) is 0. The summed E-state index contributed by atoms with van der Waals surface area (Å²) in [5.74, 6) is 1.33. The van der Waals surface area contributed by atoms with Gasteiger partial charge in [-0.2, -0.15) is 16.9 Å². The Balaban J connectivity index is 1.99. The number of thioether (sulfide) groups is 1. The molecule has 1 aromatic rings. The summed E-state index contributed by atoms with van der Waals surface area (Å²) in [4.78, 5) is 0. The Labute approximate surface area is 134 Å². The van der Waals surface area contributed by atoms with Gasteiger partial charge in [0.1, 0.15) is 0 Å². The second-order valence-electron chi connectivity index (χ2n) is 6.03. The van der Waals surface area contributed by atoms with E-state index in [1.54, 1.807) is 0 Å². The Bertz CT molecular complexity index is 394. The summed E-state index contributed by atoms with van der Waals surface area (Å²) < 4.78 is 2.17. The summed E-state index contributed by atoms with van der Waals surface area (Å²) in [6.07, 6.45) is 9.70. The van der Waals surface area contributed by atoms with E-state index in [0.717, 1.165) is 31.1 Å². The third-order valence-electron chi connectivity index (χ3n) is 4.54. The first kappa shape index (κ1) is 16.9. The van der Waals surface area contributed by atoms with Crippen molar-refractivity contribution in [1.82, 2.24) is 15.1 Å². The molecule has 2 heterocycles. The smallest absolute Gasteiger partial charge is 0.0640 e. The number of nitrogens with one attached hydrogen (secondary N) is 1. The molecule has 1 aliphatic rings. The molecule has 2 rings (SSSR count). The Morgan fingerprint density at radius 2 is 2.14 bits per heavy atom. The van der Waals surface area contributed by atoms with Crippen LogP contribution in [0.2, 0.25) is 0 Å². The summed E-state index contributed by atoms with van der Waals surface area (Å²) in [6.45, 7) is 7.75. The molecule has 0 saturated carbocycles. The van der Waals surface area contributed by atoms with Crippen LogP contribution in [0.25, 0.3) is 0 Å². The summed E-state index contributed by atoms with van der Waals surface area (Å²) >= 11 is 2.16. The predicted octanol–water partition coefficient (Wildman–Crippen LogP) is 4.05. The minimum Gasteiger partial charge on any atom is -0.313 e. The van der Waals surface area contributed by atoms with E-state index < -0.39 is 0 Å². The van der Waals surface area contributed by atoms with Crippen molar-refractivity contribution in [3.63, 3.8) is 0 Å². The van der Waals surface area contributed by atoms with Gasteiger partial charge >= 0.3 is 0 Å². The van der Waals surface area contributed by atoms with Crippen molar-refractivity contribution in [3.05, 3.63) is 18.0 Å². The van der Waals surface area contributed by atoms with E-state index in [-0.39, 0.29) is 0 Å². The molecule has 1 fully saturated rings. The fourth-order valence-corrected chi connectivity index (χ4v) is 4.69. The van der Waals surface area contributed by atoms with E-state index >= 15 is 0 Å². The molecule has 0 spiro atoms. The van der Waals surface area contributed by atoms with E-state index in [1.807, 2.05) is 0 Å². The van der Waals surface area contributed by atoms with Crippen molar-refractivity contribution in [3.8, 4) is 0 Å². The molecule has 3 nitrogen and oxygen atoms in total. The molecule has 1 saturated heterocycles. The quantitative estimate of drug-likeness (QED) is 0.785. The van der Waals surface area contributed by atoms with Crippen LogP contribution in [-0.2, 0) is 6.42 Å². The molecule has 0 radical (unpaired) electrons. The number of hydrogen-bond donors (Lipinski definition) is 1. The number of likely N-dealkylation sites (N-methyl/N-ethyl adjacent to an activating group) is 1. The molecule has 0 bridgehead atoms. The van der Waals surface area contributed by atoms with E-state index in [0.29, 0.717) is 12.1 Å². The average molecular weight is 310 g/mol. The van der Waals surface area contributed by atoms with E-state index in [1.165, 1.54) is 30.7 Å². The largest absolute Gasteiger partial charge is 0.313 e. The highest BCUT2D eigenvalue weighted by molar-refractivity contribution is 8.00. The zero-order valence-corrected chi connectivity index (χ0v) is 14.7. The molecule has 0 aliphatic carbocycles. The molecule has 2 atom stereocenters. The van der Waals surface area contributed by atoms with Crippen molar-refractivity contribution in [2.24, 2.45) is 0 Å². The van der Waals surface area contributed by atoms with Crippen LogP contribution in [0.15, 0.2) is 12.3 Å². The Hall–Kier alpha value is -0.480. The number of aromatic nitrogens is 2. The van der Waals surface area contributed by atoms with Crippen LogP contribution in [0, 0.1) is 0 Å². The molecule has 0 aromatic carbocycles. The van der Waals surface area contributed by atoms with Crippen LogP contribution in [0.4, 0.5) is 0 Å². The van der Waals surface area contributed by atoms with Gasteiger partial charge in [0.2, 0.25) is 0 Å². The first-order chi connectivity index (χ1) is 10.3. The van der Waals surface area contributed by atoms with E-state index in [9.17, 15) is 0 Å². The number of nitrogens with zero attached hydrogens (tertiary/aromatic N) is 2. The van der Waals surface area contributed by atoms with Gasteiger partial charge in [-0.05, 0) is 44.0 Å². The Morgan fingerprint density at radius 1 is 1.33 bits per heavy atom. The van der Waals surface area contributed by atoms with Crippen molar-refractivity contribution in [2.45, 2.75) is 76.6 Å². The third kappa shape index (κ3) is 4.75. The van der Waals surface area contributed by atoms with Crippen molar-refractivity contribution < 1.29 is 0 Å². The summed E-state index contributed by atoms with van der Waals surface area (Å²) in [6, 6.07) is 3.35. The van der Waals surface area contributed by atoms with E-state index in [4.69, 9.17) is 5.10 Å². The molecular formula is C17H31N3S. The Kier molecular flexibility index (Phi) is 7.11. The standard InChI is InChI=1S/C17H31N3S/c1-4-15(5-2)20-11-10-14(19-20)13-16(18-6-3)17-9-7-8-12-21-17/h10-11,15-18H,4-9,12-13H2,1-3H3. The SMILES string of the molecule is CCNC(Cc1ccn(C(CC)CC)n1)C1CCCCS1. The fourth-order valence-electron chi connectivity index (χ4n) is 3.26. The molecule has 120 valence electrons. The highest BCUT2D eigenvalue weighted by Crippen LogP contribution is 2.29. The number of hydrogen-bond acceptors (Lipinski definition) is 3. The van der Waals surface area contributed by atoms with Crippen molar-refractivity contribution >= 4 is 11.8 Å². The lowest BCUT2D eigenvalue weighted by Crippen LogP contribution is -2.41. The lowest BCUT2D eigenvalue weighted by Gasteiger charge is -2.30. The minimum atomic E-state index is 0.556. The van der Waals surface area contributed by atoms with Crippen molar-refractivity contribution in [2.75, 3.05) is 12.3 Å². The highest BCUT2D eigenvalue weighted by atomic mass is 32.2.